The second-order valence-corrected chi connectivity index (χ2v) is 8.88. The fraction of sp³-hybridized carbons (Fsp3) is 0.192. The molecule has 2 N–H and O–H groups in total. The highest BCUT2D eigenvalue weighted by Crippen LogP contribution is 2.21. The van der Waals surface area contributed by atoms with Crippen LogP contribution in [0.2, 0.25) is 5.02 Å². The van der Waals surface area contributed by atoms with E-state index in [2.05, 4.69) is 15.5 Å². The third-order valence-corrected chi connectivity index (χ3v) is 6.35. The number of carbonyl (C=O) groups is 2. The van der Waals surface area contributed by atoms with Gasteiger partial charge < -0.3 is 15.1 Å². The normalized spacial score (nSPS) is 13.4. The van der Waals surface area contributed by atoms with Crippen LogP contribution in [0.5, 0.6) is 0 Å². The number of hydrogen-bond donors (Lipinski definition) is 2. The Morgan fingerprint density at radius 2 is 1.56 bits per heavy atom. The lowest BCUT2D eigenvalue weighted by Gasteiger charge is -2.36. The largest absolute Gasteiger partial charge is 0.368 e. The van der Waals surface area contributed by atoms with Gasteiger partial charge in [0.05, 0.1) is 0 Å². The molecule has 0 atom stereocenters. The molecule has 0 unspecified atom stereocenters. The van der Waals surface area contributed by atoms with Gasteiger partial charge in [-0.2, -0.15) is 0 Å². The molecular weight excluding hydrogens is 468 g/mol. The molecule has 0 radical (unpaired) electrons. The van der Waals surface area contributed by atoms with Gasteiger partial charge >= 0.3 is 0 Å². The van der Waals surface area contributed by atoms with Crippen LogP contribution >= 0.6 is 23.8 Å². The number of hydrogen-bond acceptors (Lipinski definition) is 4. The summed E-state index contributed by atoms with van der Waals surface area (Å²) < 4.78 is 0. The summed E-state index contributed by atoms with van der Waals surface area (Å²) in [5.41, 5.74) is 3.92. The molecular formula is C26H25ClN4O2S. The lowest BCUT2D eigenvalue weighted by Crippen LogP contribution is -2.48. The lowest BCUT2D eigenvalue weighted by molar-refractivity contribution is 0.0746. The summed E-state index contributed by atoms with van der Waals surface area (Å²) in [5, 5.41) is 6.45. The fourth-order valence-electron chi connectivity index (χ4n) is 3.76. The number of carbonyl (C=O) groups excluding carboxylic acids is 2. The molecule has 3 aromatic carbocycles. The maximum Gasteiger partial charge on any atom is 0.257 e. The van der Waals surface area contributed by atoms with Gasteiger partial charge in [0.25, 0.3) is 11.8 Å². The van der Waals surface area contributed by atoms with E-state index >= 15 is 0 Å². The van der Waals surface area contributed by atoms with E-state index in [1.807, 2.05) is 66.4 Å². The third-order valence-electron chi connectivity index (χ3n) is 5.74. The summed E-state index contributed by atoms with van der Waals surface area (Å²) in [6, 6.07) is 22.3. The van der Waals surface area contributed by atoms with Gasteiger partial charge in [-0.05, 0) is 73.2 Å². The molecule has 174 valence electrons. The molecule has 0 bridgehead atoms. The zero-order chi connectivity index (χ0) is 24.1. The van der Waals surface area contributed by atoms with Crippen LogP contribution in [0.15, 0.2) is 72.8 Å². The number of thiocarbonyl (C=S) groups is 1. The van der Waals surface area contributed by atoms with Crippen molar-refractivity contribution in [2.75, 3.05) is 36.4 Å². The molecule has 1 saturated heterocycles. The van der Waals surface area contributed by atoms with Gasteiger partial charge in [0.15, 0.2) is 5.11 Å². The van der Waals surface area contributed by atoms with Crippen LogP contribution in [0.4, 0.5) is 11.4 Å². The third kappa shape index (κ3) is 5.73. The summed E-state index contributed by atoms with van der Waals surface area (Å²) in [5.74, 6) is -0.248. The predicted octanol–water partition coefficient (Wildman–Crippen LogP) is 4.74. The monoisotopic (exact) mass is 492 g/mol. The number of nitrogens with one attached hydrogen (secondary N) is 2. The van der Waals surface area contributed by atoms with Crippen LogP contribution in [0.25, 0.3) is 0 Å². The van der Waals surface area contributed by atoms with Crippen LogP contribution in [-0.4, -0.2) is 48.0 Å². The fourth-order valence-corrected chi connectivity index (χ4v) is 4.15. The van der Waals surface area contributed by atoms with Gasteiger partial charge in [-0.25, -0.2) is 0 Å². The maximum atomic E-state index is 12.6. The molecule has 8 heteroatoms. The van der Waals surface area contributed by atoms with Crippen LogP contribution in [0.3, 0.4) is 0 Å². The molecule has 1 fully saturated rings. The Hall–Kier alpha value is -3.42. The van der Waals surface area contributed by atoms with Crippen molar-refractivity contribution in [3.8, 4) is 0 Å². The number of rotatable bonds is 4. The minimum Gasteiger partial charge on any atom is -0.368 e. The molecule has 0 aromatic heterocycles. The Morgan fingerprint density at radius 3 is 2.21 bits per heavy atom. The predicted molar refractivity (Wildman–Crippen MR) is 141 cm³/mol. The number of aryl methyl sites for hydroxylation is 1. The Balaban J connectivity index is 1.28. The van der Waals surface area contributed by atoms with Crippen molar-refractivity contribution in [3.05, 3.63) is 94.5 Å². The maximum absolute atomic E-state index is 12.6. The molecule has 1 aliphatic heterocycles. The number of piperazine rings is 1. The number of nitrogens with zero attached hydrogens (tertiary/aromatic N) is 2. The standard InChI is InChI=1S/C26H25ClN4O2S/c1-18-7-8-20(17-23(18)27)24(32)29-26(34)28-21-9-11-22(12-10-21)30-13-15-31(16-14-30)25(33)19-5-3-2-4-6-19/h2-12,17H,13-16H2,1H3,(H2,28,29,32,34). The second kappa shape index (κ2) is 10.7. The highest BCUT2D eigenvalue weighted by Gasteiger charge is 2.22. The van der Waals surface area contributed by atoms with Gasteiger partial charge in [-0.3, -0.25) is 14.9 Å². The van der Waals surface area contributed by atoms with Crippen LogP contribution in [0, 0.1) is 6.92 Å². The minimum atomic E-state index is -0.320. The highest BCUT2D eigenvalue weighted by atomic mass is 35.5. The quantitative estimate of drug-likeness (QED) is 0.515. The van der Waals surface area contributed by atoms with Crippen LogP contribution in [-0.2, 0) is 0 Å². The van der Waals surface area contributed by atoms with Gasteiger partial charge in [0.2, 0.25) is 0 Å². The zero-order valence-electron chi connectivity index (χ0n) is 18.8. The van der Waals surface area contributed by atoms with Crippen molar-refractivity contribution in [1.82, 2.24) is 10.2 Å². The van der Waals surface area contributed by atoms with Crippen molar-refractivity contribution in [1.29, 1.82) is 0 Å². The SMILES string of the molecule is Cc1ccc(C(=O)NC(=S)Nc2ccc(N3CCN(C(=O)c4ccccc4)CC3)cc2)cc1Cl. The molecule has 0 spiro atoms. The number of anilines is 2. The number of halogens is 1. The molecule has 1 heterocycles. The van der Waals surface area contributed by atoms with Gasteiger partial charge in [-0.15, -0.1) is 0 Å². The van der Waals surface area contributed by atoms with E-state index in [9.17, 15) is 9.59 Å². The summed E-state index contributed by atoms with van der Waals surface area (Å²) >= 11 is 11.4. The van der Waals surface area contributed by atoms with Crippen LogP contribution in [0.1, 0.15) is 26.3 Å². The Morgan fingerprint density at radius 1 is 0.882 bits per heavy atom. The average Bonchev–Trinajstić information content (AvgIpc) is 2.86. The molecule has 1 aliphatic rings. The van der Waals surface area contributed by atoms with Crippen molar-refractivity contribution in [2.45, 2.75) is 6.92 Å². The van der Waals surface area contributed by atoms with E-state index in [0.717, 1.165) is 35.6 Å². The molecule has 0 aliphatic carbocycles. The van der Waals surface area contributed by atoms with E-state index in [4.69, 9.17) is 23.8 Å². The Bertz CT molecular complexity index is 1190. The van der Waals surface area contributed by atoms with E-state index in [0.29, 0.717) is 23.7 Å². The molecule has 4 rings (SSSR count). The average molecular weight is 493 g/mol. The smallest absolute Gasteiger partial charge is 0.257 e. The lowest BCUT2D eigenvalue weighted by atomic mass is 10.1. The molecule has 34 heavy (non-hydrogen) atoms. The van der Waals surface area contributed by atoms with Gasteiger partial charge in [0, 0.05) is 53.7 Å². The van der Waals surface area contributed by atoms with Gasteiger partial charge in [-0.1, -0.05) is 35.9 Å². The summed E-state index contributed by atoms with van der Waals surface area (Å²) in [6.07, 6.45) is 0. The zero-order valence-corrected chi connectivity index (χ0v) is 20.3. The van der Waals surface area contributed by atoms with Crippen molar-refractivity contribution in [2.24, 2.45) is 0 Å². The first-order valence-electron chi connectivity index (χ1n) is 11.0. The number of amides is 2. The Kier molecular flexibility index (Phi) is 7.45. The topological polar surface area (TPSA) is 64.7 Å². The van der Waals surface area contributed by atoms with Crippen molar-refractivity contribution < 1.29 is 9.59 Å². The van der Waals surface area contributed by atoms with Gasteiger partial charge in [0.1, 0.15) is 0 Å². The van der Waals surface area contributed by atoms with Crippen molar-refractivity contribution >= 4 is 52.1 Å². The van der Waals surface area contributed by atoms with E-state index in [1.165, 1.54) is 0 Å². The molecule has 0 saturated carbocycles. The van der Waals surface area contributed by atoms with Crippen LogP contribution < -0.4 is 15.5 Å². The molecule has 6 nitrogen and oxygen atoms in total. The molecule has 3 aromatic rings. The van der Waals surface area contributed by atoms with E-state index < -0.39 is 0 Å². The Labute approximate surface area is 209 Å². The van der Waals surface area contributed by atoms with Crippen molar-refractivity contribution in [3.63, 3.8) is 0 Å². The first-order chi connectivity index (χ1) is 16.4. The van der Waals surface area contributed by atoms with E-state index in [-0.39, 0.29) is 16.9 Å². The second-order valence-electron chi connectivity index (χ2n) is 8.06. The summed E-state index contributed by atoms with van der Waals surface area (Å²) in [6.45, 7) is 4.75. The first kappa shape index (κ1) is 23.7. The number of benzene rings is 3. The summed E-state index contributed by atoms with van der Waals surface area (Å²) in [4.78, 5) is 29.2. The molecule has 2 amide bonds. The summed E-state index contributed by atoms with van der Waals surface area (Å²) in [7, 11) is 0. The van der Waals surface area contributed by atoms with E-state index in [1.54, 1.807) is 18.2 Å². The highest BCUT2D eigenvalue weighted by molar-refractivity contribution is 7.80. The first-order valence-corrected chi connectivity index (χ1v) is 11.8. The minimum absolute atomic E-state index is 0.0725.